The Bertz CT molecular complexity index is 803. The minimum atomic E-state index is -0.250. The molecule has 0 bridgehead atoms. The van der Waals surface area contributed by atoms with Crippen LogP contribution in [-0.4, -0.2) is 56.4 Å². The molecule has 0 saturated carbocycles. The van der Waals surface area contributed by atoms with E-state index in [1.165, 1.54) is 6.26 Å². The number of hydrogen-bond donors (Lipinski definition) is 1. The zero-order chi connectivity index (χ0) is 18.6. The summed E-state index contributed by atoms with van der Waals surface area (Å²) in [6.45, 7) is 4.63. The quantitative estimate of drug-likeness (QED) is 0.775. The number of amides is 1. The first-order chi connectivity index (χ1) is 13.2. The molecule has 0 aliphatic carbocycles. The maximum Gasteiger partial charge on any atom is 0.254 e. The van der Waals surface area contributed by atoms with Gasteiger partial charge in [0, 0.05) is 13.1 Å². The molecule has 4 rings (SSSR count). The second kappa shape index (κ2) is 8.33. The lowest BCUT2D eigenvalue weighted by molar-refractivity contribution is 0.0313. The van der Waals surface area contributed by atoms with Crippen LogP contribution in [0.1, 0.15) is 16.1 Å². The van der Waals surface area contributed by atoms with E-state index in [2.05, 4.69) is 26.1 Å². The molecule has 1 aromatic carbocycles. The molecule has 3 heterocycles. The molecule has 2 aromatic rings. The van der Waals surface area contributed by atoms with Gasteiger partial charge in [-0.25, -0.2) is 0 Å². The van der Waals surface area contributed by atoms with Crippen LogP contribution in [0, 0.1) is 0 Å². The number of carbonyl (C=O) groups excluding carboxylic acids is 1. The Hall–Kier alpha value is -2.03. The van der Waals surface area contributed by atoms with Crippen molar-refractivity contribution in [3.63, 3.8) is 0 Å². The molecule has 1 N–H and O–H groups in total. The van der Waals surface area contributed by atoms with Gasteiger partial charge in [-0.3, -0.25) is 9.69 Å². The lowest BCUT2D eigenvalue weighted by Gasteiger charge is -2.27. The van der Waals surface area contributed by atoms with Crippen LogP contribution in [0.3, 0.4) is 0 Å². The highest BCUT2D eigenvalue weighted by atomic mass is 79.9. The lowest BCUT2D eigenvalue weighted by atomic mass is 10.2. The van der Waals surface area contributed by atoms with Crippen molar-refractivity contribution in [1.29, 1.82) is 0 Å². The summed E-state index contributed by atoms with van der Waals surface area (Å²) >= 11 is 3.45. The van der Waals surface area contributed by atoms with Crippen LogP contribution in [0.25, 0.3) is 0 Å². The summed E-state index contributed by atoms with van der Waals surface area (Å²) in [6, 6.07) is 7.43. The molecular weight excluding hydrogens is 416 g/mol. The predicted octanol–water partition coefficient (Wildman–Crippen LogP) is 2.44. The average Bonchev–Trinajstić information content (AvgIpc) is 3.16. The summed E-state index contributed by atoms with van der Waals surface area (Å²) in [5, 5.41) is 2.88. The van der Waals surface area contributed by atoms with Crippen LogP contribution in [-0.2, 0) is 11.3 Å². The molecule has 144 valence electrons. The van der Waals surface area contributed by atoms with E-state index in [-0.39, 0.29) is 12.0 Å². The van der Waals surface area contributed by atoms with Crippen LogP contribution >= 0.6 is 15.9 Å². The van der Waals surface area contributed by atoms with Crippen LogP contribution in [0.2, 0.25) is 0 Å². The van der Waals surface area contributed by atoms with Crippen molar-refractivity contribution in [1.82, 2.24) is 10.2 Å². The number of morpholine rings is 1. The smallest absolute Gasteiger partial charge is 0.254 e. The molecular formula is C19H21BrN2O5. The van der Waals surface area contributed by atoms with Crippen molar-refractivity contribution >= 4 is 21.8 Å². The minimum absolute atomic E-state index is 0.187. The van der Waals surface area contributed by atoms with E-state index in [1.54, 1.807) is 6.07 Å². The molecule has 1 fully saturated rings. The van der Waals surface area contributed by atoms with E-state index in [0.717, 1.165) is 36.5 Å². The first kappa shape index (κ1) is 18.3. The van der Waals surface area contributed by atoms with E-state index >= 15 is 0 Å². The van der Waals surface area contributed by atoms with Gasteiger partial charge in [-0.2, -0.15) is 0 Å². The summed E-state index contributed by atoms with van der Waals surface area (Å²) in [6.07, 6.45) is 1.25. The molecule has 0 radical (unpaired) electrons. The monoisotopic (exact) mass is 436 g/mol. The number of nitrogens with zero attached hydrogens (tertiary/aromatic N) is 1. The number of fused-ring (bicyclic) bond motifs is 1. The van der Waals surface area contributed by atoms with Gasteiger partial charge >= 0.3 is 0 Å². The fourth-order valence-electron chi connectivity index (χ4n) is 3.07. The van der Waals surface area contributed by atoms with Gasteiger partial charge in [-0.15, -0.1) is 0 Å². The second-order valence-corrected chi connectivity index (χ2v) is 7.37. The first-order valence-corrected chi connectivity index (χ1v) is 9.72. The van der Waals surface area contributed by atoms with E-state index in [4.69, 9.17) is 18.6 Å². The fourth-order valence-corrected chi connectivity index (χ4v) is 3.51. The lowest BCUT2D eigenvalue weighted by Crippen LogP contribution is -2.40. The van der Waals surface area contributed by atoms with Gasteiger partial charge < -0.3 is 23.9 Å². The van der Waals surface area contributed by atoms with Crippen molar-refractivity contribution in [3.8, 4) is 11.5 Å². The molecule has 1 saturated heterocycles. The molecule has 2 aliphatic heterocycles. The van der Waals surface area contributed by atoms with Crippen molar-refractivity contribution in [3.05, 3.63) is 46.3 Å². The number of para-hydroxylation sites is 1. The topological polar surface area (TPSA) is 73.2 Å². The Kier molecular flexibility index (Phi) is 5.66. The van der Waals surface area contributed by atoms with Gasteiger partial charge in [-0.05, 0) is 34.1 Å². The van der Waals surface area contributed by atoms with Crippen molar-refractivity contribution in [2.24, 2.45) is 0 Å². The molecule has 2 aliphatic rings. The summed E-state index contributed by atoms with van der Waals surface area (Å²) in [4.78, 5) is 14.6. The third-order valence-corrected chi connectivity index (χ3v) is 5.15. The van der Waals surface area contributed by atoms with Crippen LogP contribution in [0.5, 0.6) is 11.5 Å². The molecule has 1 aromatic heterocycles. The van der Waals surface area contributed by atoms with E-state index in [0.29, 0.717) is 36.8 Å². The highest BCUT2D eigenvalue weighted by Crippen LogP contribution is 2.38. The Labute approximate surface area is 165 Å². The Morgan fingerprint density at radius 1 is 1.30 bits per heavy atom. The number of ether oxygens (including phenoxy) is 3. The van der Waals surface area contributed by atoms with E-state index in [1.807, 2.05) is 18.2 Å². The largest absolute Gasteiger partial charge is 0.486 e. The Morgan fingerprint density at radius 2 is 2.15 bits per heavy atom. The third-order valence-electron chi connectivity index (χ3n) is 4.53. The molecule has 1 unspecified atom stereocenters. The highest BCUT2D eigenvalue weighted by Gasteiger charge is 2.24. The maximum absolute atomic E-state index is 12.4. The standard InChI is InChI=1S/C19H21BrN2O5/c20-16-2-1-3-17-18(16)27-15(12-26-17)9-21-19(23)13-8-14(25-11-13)10-22-4-6-24-7-5-22/h1-3,8,11,15H,4-7,9-10,12H2,(H,21,23). The van der Waals surface area contributed by atoms with Gasteiger partial charge in [0.15, 0.2) is 17.6 Å². The number of nitrogens with one attached hydrogen (secondary N) is 1. The Morgan fingerprint density at radius 3 is 3.00 bits per heavy atom. The van der Waals surface area contributed by atoms with Crippen molar-refractivity contribution in [2.75, 3.05) is 39.5 Å². The number of hydrogen-bond acceptors (Lipinski definition) is 6. The average molecular weight is 437 g/mol. The molecule has 1 atom stereocenters. The normalized spacial score (nSPS) is 19.7. The maximum atomic E-state index is 12.4. The number of rotatable bonds is 5. The van der Waals surface area contributed by atoms with Crippen molar-refractivity contribution in [2.45, 2.75) is 12.6 Å². The van der Waals surface area contributed by atoms with E-state index in [9.17, 15) is 4.79 Å². The SMILES string of the molecule is O=C(NCC1COc2cccc(Br)c2O1)c1coc(CN2CCOCC2)c1. The number of furan rings is 1. The Balaban J connectivity index is 1.29. The van der Waals surface area contributed by atoms with Crippen molar-refractivity contribution < 1.29 is 23.4 Å². The summed E-state index contributed by atoms with van der Waals surface area (Å²) < 4.78 is 23.3. The van der Waals surface area contributed by atoms with Gasteiger partial charge in [0.25, 0.3) is 5.91 Å². The van der Waals surface area contributed by atoms with Gasteiger partial charge in [0.1, 0.15) is 18.6 Å². The van der Waals surface area contributed by atoms with Gasteiger partial charge in [0.05, 0.1) is 36.3 Å². The molecule has 1 amide bonds. The molecule has 8 heteroatoms. The second-order valence-electron chi connectivity index (χ2n) is 6.52. The third kappa shape index (κ3) is 4.45. The van der Waals surface area contributed by atoms with Gasteiger partial charge in [-0.1, -0.05) is 6.07 Å². The predicted molar refractivity (Wildman–Crippen MR) is 101 cm³/mol. The summed E-state index contributed by atoms with van der Waals surface area (Å²) in [7, 11) is 0. The molecule has 7 nitrogen and oxygen atoms in total. The van der Waals surface area contributed by atoms with Crippen LogP contribution in [0.4, 0.5) is 0 Å². The molecule has 0 spiro atoms. The number of carbonyl (C=O) groups is 1. The minimum Gasteiger partial charge on any atom is -0.486 e. The number of benzene rings is 1. The summed E-state index contributed by atoms with van der Waals surface area (Å²) in [5.41, 5.74) is 0.511. The molecule has 27 heavy (non-hydrogen) atoms. The zero-order valence-corrected chi connectivity index (χ0v) is 16.4. The highest BCUT2D eigenvalue weighted by molar-refractivity contribution is 9.10. The first-order valence-electron chi connectivity index (χ1n) is 8.93. The summed E-state index contributed by atoms with van der Waals surface area (Å²) in [5.74, 6) is 1.96. The van der Waals surface area contributed by atoms with Crippen LogP contribution < -0.4 is 14.8 Å². The number of halogens is 1. The zero-order valence-electron chi connectivity index (χ0n) is 14.8. The van der Waals surface area contributed by atoms with Gasteiger partial charge in [0.2, 0.25) is 0 Å². The van der Waals surface area contributed by atoms with E-state index < -0.39 is 0 Å². The van der Waals surface area contributed by atoms with Crippen LogP contribution in [0.15, 0.2) is 39.4 Å². The fraction of sp³-hybridized carbons (Fsp3) is 0.421.